The van der Waals surface area contributed by atoms with Crippen molar-refractivity contribution in [3.8, 4) is 5.75 Å². The van der Waals surface area contributed by atoms with E-state index in [1.807, 2.05) is 6.07 Å². The number of esters is 2. The molecule has 0 saturated carbocycles. The summed E-state index contributed by atoms with van der Waals surface area (Å²) in [7, 11) is 0. The van der Waals surface area contributed by atoms with Crippen LogP contribution in [0.5, 0.6) is 5.75 Å². The summed E-state index contributed by atoms with van der Waals surface area (Å²) in [5, 5.41) is 0.445. The van der Waals surface area contributed by atoms with Crippen LogP contribution in [0, 0.1) is 3.57 Å². The standard InChI is InChI=1S/C19H11Br2ClINO4/c1-2-16(25)27-17-12(20)5-9(6-13(17)21)7-15-19(26)28-18(24-15)11-8-10(23)3-4-14(11)22/h3-8H,2H2,1H3. The van der Waals surface area contributed by atoms with Gasteiger partial charge in [0.1, 0.15) is 0 Å². The minimum Gasteiger partial charge on any atom is -0.424 e. The first kappa shape index (κ1) is 21.5. The number of aliphatic imine (C=N–C) groups is 1. The lowest BCUT2D eigenvalue weighted by atomic mass is 10.2. The molecule has 0 unspecified atom stereocenters. The molecule has 0 aromatic heterocycles. The van der Waals surface area contributed by atoms with E-state index < -0.39 is 5.97 Å². The smallest absolute Gasteiger partial charge is 0.363 e. The largest absolute Gasteiger partial charge is 0.424 e. The van der Waals surface area contributed by atoms with Crippen LogP contribution in [0.2, 0.25) is 5.02 Å². The molecule has 0 bridgehead atoms. The maximum atomic E-state index is 12.2. The third kappa shape index (κ3) is 4.84. The van der Waals surface area contributed by atoms with Gasteiger partial charge in [0.2, 0.25) is 5.90 Å². The zero-order valence-electron chi connectivity index (χ0n) is 14.3. The molecule has 3 rings (SSSR count). The molecular weight excluding hydrogens is 628 g/mol. The van der Waals surface area contributed by atoms with Crippen molar-refractivity contribution in [3.05, 3.63) is 64.7 Å². The molecule has 28 heavy (non-hydrogen) atoms. The number of halogens is 4. The van der Waals surface area contributed by atoms with Crippen LogP contribution in [-0.4, -0.2) is 17.8 Å². The lowest BCUT2D eigenvalue weighted by Gasteiger charge is -2.09. The Balaban J connectivity index is 1.95. The van der Waals surface area contributed by atoms with Gasteiger partial charge in [0.25, 0.3) is 0 Å². The van der Waals surface area contributed by atoms with Crippen LogP contribution in [0.4, 0.5) is 0 Å². The summed E-state index contributed by atoms with van der Waals surface area (Å²) in [6.07, 6.45) is 1.84. The number of benzene rings is 2. The summed E-state index contributed by atoms with van der Waals surface area (Å²) in [4.78, 5) is 28.1. The van der Waals surface area contributed by atoms with Gasteiger partial charge in [-0.3, -0.25) is 4.79 Å². The van der Waals surface area contributed by atoms with Gasteiger partial charge in [0.15, 0.2) is 11.4 Å². The molecule has 1 aliphatic heterocycles. The van der Waals surface area contributed by atoms with Crippen molar-refractivity contribution < 1.29 is 19.1 Å². The minimum absolute atomic E-state index is 0.141. The maximum Gasteiger partial charge on any atom is 0.363 e. The fourth-order valence-corrected chi connectivity index (χ4v) is 4.36. The monoisotopic (exact) mass is 637 g/mol. The van der Waals surface area contributed by atoms with Crippen molar-refractivity contribution in [1.82, 2.24) is 0 Å². The number of hydrogen-bond donors (Lipinski definition) is 0. The molecule has 2 aromatic rings. The van der Waals surface area contributed by atoms with E-state index >= 15 is 0 Å². The fourth-order valence-electron chi connectivity index (χ4n) is 2.29. The van der Waals surface area contributed by atoms with Gasteiger partial charge in [-0.05, 0) is 96.4 Å². The molecule has 1 aliphatic rings. The lowest BCUT2D eigenvalue weighted by Crippen LogP contribution is -2.07. The summed E-state index contributed by atoms with van der Waals surface area (Å²) in [6.45, 7) is 1.71. The molecular formula is C19H11Br2ClINO4. The number of nitrogens with zero attached hydrogens (tertiary/aromatic N) is 1. The van der Waals surface area contributed by atoms with Crippen LogP contribution >= 0.6 is 66.1 Å². The molecule has 2 aromatic carbocycles. The van der Waals surface area contributed by atoms with Crippen LogP contribution in [0.25, 0.3) is 6.08 Å². The lowest BCUT2D eigenvalue weighted by molar-refractivity contribution is -0.134. The van der Waals surface area contributed by atoms with E-state index in [0.29, 0.717) is 30.8 Å². The van der Waals surface area contributed by atoms with Gasteiger partial charge < -0.3 is 9.47 Å². The second-order valence-corrected chi connectivity index (χ2v) is 8.96. The number of rotatable bonds is 4. The maximum absolute atomic E-state index is 12.2. The summed E-state index contributed by atoms with van der Waals surface area (Å²) in [6, 6.07) is 8.80. The highest BCUT2D eigenvalue weighted by Gasteiger charge is 2.26. The molecule has 0 fully saturated rings. The molecule has 0 radical (unpaired) electrons. The Morgan fingerprint density at radius 2 is 1.96 bits per heavy atom. The Bertz CT molecular complexity index is 1030. The van der Waals surface area contributed by atoms with Crippen molar-refractivity contribution in [1.29, 1.82) is 0 Å². The Hall–Kier alpha value is -1.23. The van der Waals surface area contributed by atoms with Gasteiger partial charge in [0.05, 0.1) is 19.5 Å². The van der Waals surface area contributed by atoms with E-state index in [1.165, 1.54) is 0 Å². The fraction of sp³-hybridized carbons (Fsp3) is 0.105. The molecule has 5 nitrogen and oxygen atoms in total. The molecule has 0 atom stereocenters. The Kier molecular flexibility index (Phi) is 6.95. The van der Waals surface area contributed by atoms with E-state index in [0.717, 1.165) is 3.57 Å². The molecule has 0 spiro atoms. The van der Waals surface area contributed by atoms with Crippen LogP contribution < -0.4 is 4.74 Å². The Morgan fingerprint density at radius 1 is 1.29 bits per heavy atom. The summed E-state index contributed by atoms with van der Waals surface area (Å²) in [5.74, 6) is -0.390. The van der Waals surface area contributed by atoms with Crippen LogP contribution in [0.3, 0.4) is 0 Å². The van der Waals surface area contributed by atoms with Crippen LogP contribution in [0.1, 0.15) is 24.5 Å². The SMILES string of the molecule is CCC(=O)Oc1c(Br)cc(C=C2N=C(c3cc(I)ccc3Cl)OC2=O)cc1Br. The second-order valence-electron chi connectivity index (χ2n) is 5.60. The average molecular weight is 639 g/mol. The van der Waals surface area contributed by atoms with Gasteiger partial charge >= 0.3 is 11.9 Å². The van der Waals surface area contributed by atoms with Gasteiger partial charge in [0, 0.05) is 9.99 Å². The summed E-state index contributed by atoms with van der Waals surface area (Å²) >= 11 is 15.1. The zero-order chi connectivity index (χ0) is 20.4. The van der Waals surface area contributed by atoms with Gasteiger partial charge in [-0.25, -0.2) is 9.79 Å². The van der Waals surface area contributed by atoms with Crippen molar-refractivity contribution in [2.24, 2.45) is 4.99 Å². The predicted molar refractivity (Wildman–Crippen MR) is 123 cm³/mol. The quantitative estimate of drug-likeness (QED) is 0.175. The summed E-state index contributed by atoms with van der Waals surface area (Å²) < 4.78 is 12.6. The Morgan fingerprint density at radius 3 is 2.61 bits per heavy atom. The Labute approximate surface area is 196 Å². The second kappa shape index (κ2) is 9.06. The third-order valence-electron chi connectivity index (χ3n) is 3.61. The molecule has 0 aliphatic carbocycles. The van der Waals surface area contributed by atoms with E-state index in [2.05, 4.69) is 59.4 Å². The first-order chi connectivity index (χ1) is 13.3. The van der Waals surface area contributed by atoms with Crippen LogP contribution in [0.15, 0.2) is 50.0 Å². The number of cyclic esters (lactones) is 1. The van der Waals surface area contributed by atoms with Crippen LogP contribution in [-0.2, 0) is 14.3 Å². The van der Waals surface area contributed by atoms with E-state index in [1.54, 1.807) is 37.3 Å². The number of hydrogen-bond acceptors (Lipinski definition) is 5. The highest BCUT2D eigenvalue weighted by molar-refractivity contribution is 14.1. The topological polar surface area (TPSA) is 65.0 Å². The molecule has 0 amide bonds. The summed E-state index contributed by atoms with van der Waals surface area (Å²) in [5.41, 5.74) is 1.36. The van der Waals surface area contributed by atoms with E-state index in [9.17, 15) is 9.59 Å². The van der Waals surface area contributed by atoms with Crippen molar-refractivity contribution >= 4 is 90.0 Å². The molecule has 9 heteroatoms. The number of ether oxygens (including phenoxy) is 2. The first-order valence-electron chi connectivity index (χ1n) is 7.96. The zero-order valence-corrected chi connectivity index (χ0v) is 20.3. The minimum atomic E-state index is -0.571. The molecule has 0 N–H and O–H groups in total. The third-order valence-corrected chi connectivity index (χ3v) is 5.79. The normalized spacial score (nSPS) is 14.8. The molecule has 144 valence electrons. The highest BCUT2D eigenvalue weighted by atomic mass is 127. The van der Waals surface area contributed by atoms with Crippen molar-refractivity contribution in [2.75, 3.05) is 0 Å². The average Bonchev–Trinajstić information content (AvgIpc) is 3.00. The molecule has 1 heterocycles. The first-order valence-corrected chi connectivity index (χ1v) is 11.0. The van der Waals surface area contributed by atoms with Gasteiger partial charge in [-0.15, -0.1) is 0 Å². The predicted octanol–water partition coefficient (Wildman–Crippen LogP) is 6.13. The van der Waals surface area contributed by atoms with Gasteiger partial charge in [-0.2, -0.15) is 0 Å². The highest BCUT2D eigenvalue weighted by Crippen LogP contribution is 2.36. The molecule has 0 saturated heterocycles. The van der Waals surface area contributed by atoms with E-state index in [-0.39, 0.29) is 24.0 Å². The van der Waals surface area contributed by atoms with E-state index in [4.69, 9.17) is 21.1 Å². The van der Waals surface area contributed by atoms with Crippen molar-refractivity contribution in [3.63, 3.8) is 0 Å². The number of carbonyl (C=O) groups is 2. The van der Waals surface area contributed by atoms with Gasteiger partial charge in [-0.1, -0.05) is 18.5 Å². The number of carbonyl (C=O) groups excluding carboxylic acids is 2. The van der Waals surface area contributed by atoms with Crippen molar-refractivity contribution in [2.45, 2.75) is 13.3 Å².